The van der Waals surface area contributed by atoms with Crippen LogP contribution in [0.1, 0.15) is 23.2 Å². The molecule has 4 nitrogen and oxygen atoms in total. The number of sulfone groups is 1. The average Bonchev–Trinajstić information content (AvgIpc) is 2.69. The van der Waals surface area contributed by atoms with Crippen molar-refractivity contribution in [2.75, 3.05) is 12.3 Å². The summed E-state index contributed by atoms with van der Waals surface area (Å²) in [5, 5.41) is 2.03. The summed E-state index contributed by atoms with van der Waals surface area (Å²) >= 11 is 3.00. The third-order valence-corrected chi connectivity index (χ3v) is 6.05. The van der Waals surface area contributed by atoms with Gasteiger partial charge in [0.2, 0.25) is 0 Å². The van der Waals surface area contributed by atoms with E-state index in [9.17, 15) is 17.6 Å². The molecule has 0 saturated carbocycles. The van der Waals surface area contributed by atoms with Gasteiger partial charge in [0, 0.05) is 12.1 Å². The first-order valence-corrected chi connectivity index (χ1v) is 8.36. The summed E-state index contributed by atoms with van der Waals surface area (Å²) in [7, 11) is -3.08. The van der Waals surface area contributed by atoms with Crippen LogP contribution in [0.4, 0.5) is 4.39 Å². The van der Waals surface area contributed by atoms with Crippen molar-refractivity contribution in [2.45, 2.75) is 18.1 Å². The molecule has 1 N–H and O–H groups in total. The Hall–Kier alpha value is -0.950. The van der Waals surface area contributed by atoms with Gasteiger partial charge < -0.3 is 5.32 Å². The van der Waals surface area contributed by atoms with E-state index in [1.165, 1.54) is 12.1 Å². The normalized spacial score (nSPS) is 21.3. The highest BCUT2D eigenvalue weighted by atomic mass is 79.9. The summed E-state index contributed by atoms with van der Waals surface area (Å²) in [4.78, 5) is 11.8. The third-order valence-electron chi connectivity index (χ3n) is 3.13. The predicted octanol–water partition coefficient (Wildman–Crippen LogP) is 1.90. The topological polar surface area (TPSA) is 63.2 Å². The van der Waals surface area contributed by atoms with E-state index in [2.05, 4.69) is 21.2 Å². The molecular formula is C12H13BrFNO3S. The minimum Gasteiger partial charge on any atom is -0.351 e. The zero-order valence-electron chi connectivity index (χ0n) is 10.0. The van der Waals surface area contributed by atoms with Crippen molar-refractivity contribution in [3.8, 4) is 0 Å². The highest BCUT2D eigenvalue weighted by Gasteiger charge is 2.31. The molecule has 0 bridgehead atoms. The van der Waals surface area contributed by atoms with E-state index < -0.39 is 26.8 Å². The molecule has 1 heterocycles. The van der Waals surface area contributed by atoms with E-state index in [1.54, 1.807) is 0 Å². The van der Waals surface area contributed by atoms with Gasteiger partial charge in [0.1, 0.15) is 5.82 Å². The van der Waals surface area contributed by atoms with Gasteiger partial charge in [-0.15, -0.1) is 0 Å². The van der Waals surface area contributed by atoms with Crippen molar-refractivity contribution in [1.82, 2.24) is 5.32 Å². The Morgan fingerprint density at radius 2 is 2.21 bits per heavy atom. The summed E-state index contributed by atoms with van der Waals surface area (Å²) in [5.74, 6) is -0.810. The number of amides is 1. The lowest BCUT2D eigenvalue weighted by Gasteiger charge is -2.11. The van der Waals surface area contributed by atoms with Crippen LogP contribution in [-0.4, -0.2) is 31.9 Å². The Kier molecular flexibility index (Phi) is 4.25. The summed E-state index contributed by atoms with van der Waals surface area (Å²) in [6.07, 6.45) is 1.20. The molecule has 0 aliphatic carbocycles. The molecule has 1 aromatic carbocycles. The molecule has 7 heteroatoms. The Morgan fingerprint density at radius 3 is 2.79 bits per heavy atom. The standard InChI is InChI=1S/C12H13BrFNO3S/c13-10-4-3-8(6-11(10)14)12(16)15-7-9-2-1-5-19(9,17)18/h3-4,6,9H,1-2,5,7H2,(H,15,16). The third kappa shape index (κ3) is 3.33. The van der Waals surface area contributed by atoms with Crippen molar-refractivity contribution in [3.63, 3.8) is 0 Å². The Morgan fingerprint density at radius 1 is 1.47 bits per heavy atom. The molecule has 1 aliphatic heterocycles. The van der Waals surface area contributed by atoms with Crippen molar-refractivity contribution in [3.05, 3.63) is 34.1 Å². The maximum Gasteiger partial charge on any atom is 0.251 e. The summed E-state index contributed by atoms with van der Waals surface area (Å²) in [5.41, 5.74) is 0.177. The maximum atomic E-state index is 13.3. The molecule has 1 aromatic rings. The number of hydrogen-bond acceptors (Lipinski definition) is 3. The predicted molar refractivity (Wildman–Crippen MR) is 73.2 cm³/mol. The van der Waals surface area contributed by atoms with Crippen LogP contribution in [0.25, 0.3) is 0 Å². The van der Waals surface area contributed by atoms with Crippen LogP contribution in [0.15, 0.2) is 22.7 Å². The van der Waals surface area contributed by atoms with Crippen molar-refractivity contribution >= 4 is 31.7 Å². The quantitative estimate of drug-likeness (QED) is 0.906. The van der Waals surface area contributed by atoms with Crippen molar-refractivity contribution in [1.29, 1.82) is 0 Å². The number of carbonyl (C=O) groups is 1. The second-order valence-electron chi connectivity index (χ2n) is 4.47. The first kappa shape index (κ1) is 14.5. The minimum absolute atomic E-state index is 0.0822. The minimum atomic E-state index is -3.08. The highest BCUT2D eigenvalue weighted by Crippen LogP contribution is 2.19. The Labute approximate surface area is 119 Å². The highest BCUT2D eigenvalue weighted by molar-refractivity contribution is 9.10. The number of benzene rings is 1. The fourth-order valence-corrected chi connectivity index (χ4v) is 4.05. The molecule has 2 rings (SSSR count). The molecule has 1 fully saturated rings. The van der Waals surface area contributed by atoms with Gasteiger partial charge in [-0.2, -0.15) is 0 Å². The second-order valence-corrected chi connectivity index (χ2v) is 7.73. The molecule has 1 unspecified atom stereocenters. The zero-order valence-corrected chi connectivity index (χ0v) is 12.4. The second kappa shape index (κ2) is 5.58. The number of hydrogen-bond donors (Lipinski definition) is 1. The fourth-order valence-electron chi connectivity index (χ4n) is 2.03. The summed E-state index contributed by atoms with van der Waals surface area (Å²) in [6.45, 7) is 0.0822. The van der Waals surface area contributed by atoms with Gasteiger partial charge in [0.15, 0.2) is 9.84 Å². The molecule has 1 saturated heterocycles. The van der Waals surface area contributed by atoms with Crippen molar-refractivity contribution in [2.24, 2.45) is 0 Å². The molecule has 1 aliphatic rings. The SMILES string of the molecule is O=C(NCC1CCCS1(=O)=O)c1ccc(Br)c(F)c1. The molecule has 0 radical (unpaired) electrons. The van der Waals surface area contributed by atoms with Crippen LogP contribution in [0.2, 0.25) is 0 Å². The van der Waals surface area contributed by atoms with Crippen LogP contribution in [0, 0.1) is 5.82 Å². The van der Waals surface area contributed by atoms with Gasteiger partial charge in [-0.3, -0.25) is 4.79 Å². The van der Waals surface area contributed by atoms with Gasteiger partial charge in [-0.25, -0.2) is 12.8 Å². The van der Waals surface area contributed by atoms with E-state index in [0.29, 0.717) is 12.8 Å². The zero-order chi connectivity index (χ0) is 14.0. The first-order valence-electron chi connectivity index (χ1n) is 5.85. The van der Waals surface area contributed by atoms with E-state index in [-0.39, 0.29) is 22.3 Å². The van der Waals surface area contributed by atoms with Gasteiger partial charge in [-0.05, 0) is 47.0 Å². The van der Waals surface area contributed by atoms with Gasteiger partial charge in [-0.1, -0.05) is 0 Å². The molecule has 1 atom stereocenters. The van der Waals surface area contributed by atoms with Crippen LogP contribution in [-0.2, 0) is 9.84 Å². The van der Waals surface area contributed by atoms with Gasteiger partial charge in [0.25, 0.3) is 5.91 Å². The van der Waals surface area contributed by atoms with Gasteiger partial charge >= 0.3 is 0 Å². The number of halogens is 2. The molecule has 0 aromatic heterocycles. The molecule has 0 spiro atoms. The lowest BCUT2D eigenvalue weighted by atomic mass is 10.2. The monoisotopic (exact) mass is 349 g/mol. The van der Waals surface area contributed by atoms with Crippen LogP contribution in [0.5, 0.6) is 0 Å². The van der Waals surface area contributed by atoms with Crippen LogP contribution in [0.3, 0.4) is 0 Å². The van der Waals surface area contributed by atoms with Crippen LogP contribution < -0.4 is 5.32 Å². The van der Waals surface area contributed by atoms with E-state index in [1.807, 2.05) is 0 Å². The molecule has 1 amide bonds. The average molecular weight is 350 g/mol. The summed E-state index contributed by atoms with van der Waals surface area (Å²) in [6, 6.07) is 4.03. The maximum absolute atomic E-state index is 13.3. The lowest BCUT2D eigenvalue weighted by Crippen LogP contribution is -2.34. The molecule has 104 valence electrons. The molecular weight excluding hydrogens is 337 g/mol. The van der Waals surface area contributed by atoms with Crippen LogP contribution >= 0.6 is 15.9 Å². The number of rotatable bonds is 3. The molecule has 19 heavy (non-hydrogen) atoms. The fraction of sp³-hybridized carbons (Fsp3) is 0.417. The van der Waals surface area contributed by atoms with E-state index >= 15 is 0 Å². The van der Waals surface area contributed by atoms with E-state index in [0.717, 1.165) is 6.07 Å². The Balaban J connectivity index is 2.00. The smallest absolute Gasteiger partial charge is 0.251 e. The number of nitrogens with one attached hydrogen (secondary N) is 1. The lowest BCUT2D eigenvalue weighted by molar-refractivity contribution is 0.0953. The van der Waals surface area contributed by atoms with E-state index in [4.69, 9.17) is 0 Å². The number of carbonyl (C=O) groups excluding carboxylic acids is 1. The largest absolute Gasteiger partial charge is 0.351 e. The first-order chi connectivity index (χ1) is 8.90. The summed E-state index contributed by atoms with van der Waals surface area (Å²) < 4.78 is 36.7. The van der Waals surface area contributed by atoms with Gasteiger partial charge in [0.05, 0.1) is 15.5 Å². The Bertz CT molecular complexity index is 603. The van der Waals surface area contributed by atoms with Crippen molar-refractivity contribution < 1.29 is 17.6 Å².